The topological polar surface area (TPSA) is 51.1 Å². The average Bonchev–Trinajstić information content (AvgIpc) is 2.71. The van der Waals surface area contributed by atoms with Gasteiger partial charge in [-0.15, -0.1) is 0 Å². The van der Waals surface area contributed by atoms with Crippen LogP contribution in [0.15, 0.2) is 35.5 Å². The highest BCUT2D eigenvalue weighted by molar-refractivity contribution is 7.89. The first-order valence-corrected chi connectivity index (χ1v) is 7.65. The largest absolute Gasteiger partial charge is 0.357 e. The lowest BCUT2D eigenvalue weighted by molar-refractivity contribution is 0.578. The van der Waals surface area contributed by atoms with Crippen molar-refractivity contribution in [1.29, 1.82) is 0 Å². The van der Waals surface area contributed by atoms with E-state index >= 15 is 0 Å². The molecule has 1 aromatic carbocycles. The molecule has 1 N–H and O–H groups in total. The van der Waals surface area contributed by atoms with Crippen LogP contribution in [-0.2, 0) is 23.6 Å². The van der Waals surface area contributed by atoms with E-state index in [-0.39, 0.29) is 11.4 Å². The van der Waals surface area contributed by atoms with E-state index in [1.807, 2.05) is 30.1 Å². The van der Waals surface area contributed by atoms with Crippen molar-refractivity contribution in [1.82, 2.24) is 9.29 Å². The summed E-state index contributed by atoms with van der Waals surface area (Å²) in [5.41, 5.74) is 1.68. The van der Waals surface area contributed by atoms with Crippen molar-refractivity contribution in [2.24, 2.45) is 7.05 Å². The second kappa shape index (κ2) is 5.38. The Morgan fingerprint density at radius 1 is 1.25 bits per heavy atom. The predicted molar refractivity (Wildman–Crippen MR) is 75.3 cm³/mol. The number of nitrogens with one attached hydrogen (secondary N) is 1. The molecule has 2 aromatic rings. The number of hydrogen-bond donors (Lipinski definition) is 1. The lowest BCUT2D eigenvalue weighted by Gasteiger charge is -2.12. The summed E-state index contributed by atoms with van der Waals surface area (Å²) in [5.74, 6) is -0.429. The molecule has 0 fully saturated rings. The molecule has 2 rings (SSSR count). The molecule has 0 bridgehead atoms. The van der Waals surface area contributed by atoms with Crippen LogP contribution >= 0.6 is 0 Å². The quantitative estimate of drug-likeness (QED) is 0.941. The summed E-state index contributed by atoms with van der Waals surface area (Å²) in [7, 11) is -1.79. The Morgan fingerprint density at radius 3 is 2.35 bits per heavy atom. The van der Waals surface area contributed by atoms with Gasteiger partial charge in [-0.25, -0.2) is 17.5 Å². The van der Waals surface area contributed by atoms with E-state index in [0.717, 1.165) is 5.56 Å². The highest BCUT2D eigenvalue weighted by atomic mass is 32.2. The highest BCUT2D eigenvalue weighted by Gasteiger charge is 2.20. The summed E-state index contributed by atoms with van der Waals surface area (Å²) in [6.07, 6.45) is 3.69. The maximum absolute atomic E-state index is 13.2. The maximum atomic E-state index is 13.2. The number of benzene rings is 1. The van der Waals surface area contributed by atoms with Gasteiger partial charge in [0.05, 0.1) is 4.90 Å². The fourth-order valence-corrected chi connectivity index (χ4v) is 3.70. The molecule has 6 heteroatoms. The molecule has 0 aliphatic heterocycles. The Labute approximate surface area is 118 Å². The molecule has 0 radical (unpaired) electrons. The van der Waals surface area contributed by atoms with Gasteiger partial charge >= 0.3 is 0 Å². The van der Waals surface area contributed by atoms with E-state index in [1.54, 1.807) is 13.8 Å². The molecule has 0 saturated carbocycles. The monoisotopic (exact) mass is 296 g/mol. The molecule has 0 aliphatic carbocycles. The van der Waals surface area contributed by atoms with Gasteiger partial charge in [0.2, 0.25) is 10.0 Å². The summed E-state index contributed by atoms with van der Waals surface area (Å²) in [4.78, 5) is 0.148. The molecule has 0 atom stereocenters. The standard InChI is InChI=1S/C14H17FN2O2S/c1-10-6-13(15)7-11(2)14(10)20(18,19)16-8-12-4-5-17(3)9-12/h4-7,9,16H,8H2,1-3H3. The number of hydrogen-bond acceptors (Lipinski definition) is 2. The van der Waals surface area contributed by atoms with Crippen LogP contribution in [0.3, 0.4) is 0 Å². The van der Waals surface area contributed by atoms with Gasteiger partial charge in [0.15, 0.2) is 0 Å². The van der Waals surface area contributed by atoms with Gasteiger partial charge in [0.1, 0.15) is 5.82 Å². The number of aryl methyl sites for hydroxylation is 3. The molecule has 0 saturated heterocycles. The van der Waals surface area contributed by atoms with Crippen LogP contribution in [0.4, 0.5) is 4.39 Å². The van der Waals surface area contributed by atoms with E-state index in [4.69, 9.17) is 0 Å². The lowest BCUT2D eigenvalue weighted by Crippen LogP contribution is -2.24. The summed E-state index contributed by atoms with van der Waals surface area (Å²) in [5, 5.41) is 0. The first-order valence-electron chi connectivity index (χ1n) is 6.17. The van der Waals surface area contributed by atoms with Gasteiger partial charge in [-0.3, -0.25) is 0 Å². The minimum absolute atomic E-state index is 0.148. The second-order valence-electron chi connectivity index (χ2n) is 4.88. The fourth-order valence-electron chi connectivity index (χ4n) is 2.24. The van der Waals surface area contributed by atoms with E-state index in [0.29, 0.717) is 11.1 Å². The Morgan fingerprint density at radius 2 is 1.85 bits per heavy atom. The van der Waals surface area contributed by atoms with Crippen LogP contribution in [0.5, 0.6) is 0 Å². The molecule has 108 valence electrons. The third kappa shape index (κ3) is 3.08. The van der Waals surface area contributed by atoms with Crippen LogP contribution in [0, 0.1) is 19.7 Å². The Kier molecular flexibility index (Phi) is 3.96. The summed E-state index contributed by atoms with van der Waals surface area (Å²) in [6.45, 7) is 3.39. The SMILES string of the molecule is Cc1cc(F)cc(C)c1S(=O)(=O)NCc1ccn(C)c1. The van der Waals surface area contributed by atoms with Crippen LogP contribution in [0.2, 0.25) is 0 Å². The number of aromatic nitrogens is 1. The summed E-state index contributed by atoms with van der Waals surface area (Å²) < 4.78 is 42.3. The van der Waals surface area contributed by atoms with Crippen LogP contribution in [0.25, 0.3) is 0 Å². The summed E-state index contributed by atoms with van der Waals surface area (Å²) in [6, 6.07) is 4.29. The zero-order chi connectivity index (χ0) is 14.9. The predicted octanol–water partition coefficient (Wildman–Crippen LogP) is 2.26. The molecule has 1 aromatic heterocycles. The fraction of sp³-hybridized carbons (Fsp3) is 0.286. The number of sulfonamides is 1. The van der Waals surface area contributed by atoms with Gasteiger partial charge in [-0.2, -0.15) is 0 Å². The highest BCUT2D eigenvalue weighted by Crippen LogP contribution is 2.21. The molecule has 0 unspecified atom stereocenters. The molecule has 20 heavy (non-hydrogen) atoms. The lowest BCUT2D eigenvalue weighted by atomic mass is 10.1. The van der Waals surface area contributed by atoms with Crippen molar-refractivity contribution in [3.63, 3.8) is 0 Å². The van der Waals surface area contributed by atoms with Crippen molar-refractivity contribution in [3.05, 3.63) is 53.1 Å². The zero-order valence-electron chi connectivity index (χ0n) is 11.6. The van der Waals surface area contributed by atoms with Gasteiger partial charge in [0.25, 0.3) is 0 Å². The van der Waals surface area contributed by atoms with Gasteiger partial charge < -0.3 is 4.57 Å². The molecule has 4 nitrogen and oxygen atoms in total. The number of halogens is 1. The van der Waals surface area contributed by atoms with Crippen molar-refractivity contribution < 1.29 is 12.8 Å². The molecule has 0 spiro atoms. The van der Waals surface area contributed by atoms with Gasteiger partial charge in [-0.1, -0.05) is 0 Å². The van der Waals surface area contributed by atoms with Crippen molar-refractivity contribution in [2.45, 2.75) is 25.3 Å². The van der Waals surface area contributed by atoms with Gasteiger partial charge in [-0.05, 0) is 48.7 Å². The molecule has 0 amide bonds. The number of rotatable bonds is 4. The van der Waals surface area contributed by atoms with Gasteiger partial charge in [0, 0.05) is 26.0 Å². The van der Waals surface area contributed by atoms with Crippen molar-refractivity contribution in [3.8, 4) is 0 Å². The molecular weight excluding hydrogens is 279 g/mol. The van der Waals surface area contributed by atoms with Crippen LogP contribution in [-0.4, -0.2) is 13.0 Å². The second-order valence-corrected chi connectivity index (χ2v) is 6.58. The van der Waals surface area contributed by atoms with E-state index in [2.05, 4.69) is 4.72 Å². The molecule has 0 aliphatic rings. The van der Waals surface area contributed by atoms with Crippen molar-refractivity contribution in [2.75, 3.05) is 0 Å². The smallest absolute Gasteiger partial charge is 0.241 e. The normalized spacial score (nSPS) is 11.8. The minimum atomic E-state index is -3.65. The first kappa shape index (κ1) is 14.7. The first-order chi connectivity index (χ1) is 9.29. The third-order valence-electron chi connectivity index (χ3n) is 3.05. The number of nitrogens with zero attached hydrogens (tertiary/aromatic N) is 1. The van der Waals surface area contributed by atoms with E-state index < -0.39 is 15.8 Å². The van der Waals surface area contributed by atoms with Crippen LogP contribution in [0.1, 0.15) is 16.7 Å². The van der Waals surface area contributed by atoms with E-state index in [9.17, 15) is 12.8 Å². The maximum Gasteiger partial charge on any atom is 0.241 e. The third-order valence-corrected chi connectivity index (χ3v) is 4.76. The Hall–Kier alpha value is -1.66. The van der Waals surface area contributed by atoms with E-state index in [1.165, 1.54) is 12.1 Å². The molecule has 1 heterocycles. The molecular formula is C14H17FN2O2S. The van der Waals surface area contributed by atoms with Crippen LogP contribution < -0.4 is 4.72 Å². The summed E-state index contributed by atoms with van der Waals surface area (Å²) >= 11 is 0. The Bertz CT molecular complexity index is 712. The Balaban J connectivity index is 2.27. The van der Waals surface area contributed by atoms with Crippen molar-refractivity contribution >= 4 is 10.0 Å². The average molecular weight is 296 g/mol. The minimum Gasteiger partial charge on any atom is -0.357 e. The zero-order valence-corrected chi connectivity index (χ0v) is 12.5.